The number of aliphatic hydroxyl groups excluding tert-OH is 1. The molecule has 3 atom stereocenters. The molecular formula is C25H31NO3Si. The van der Waals surface area contributed by atoms with E-state index in [2.05, 4.69) is 25.4 Å². The quantitative estimate of drug-likeness (QED) is 0.470. The topological polar surface area (TPSA) is 49.8 Å². The standard InChI is InChI=1S/C25H31NO3Si/c1-18(2)23(27)21(30(3,4)5)16-17-26-22(19-12-8-6-9-13-19)24(29-25(26)28)20-14-10-7-11-15-20/h6-15,17-18,22-24,27H,1-5H3/t16?,22-,23-,24+/m0/s1. The predicted molar refractivity (Wildman–Crippen MR) is 122 cm³/mol. The molecule has 2 aromatic rings. The summed E-state index contributed by atoms with van der Waals surface area (Å²) >= 11 is 0. The van der Waals surface area contributed by atoms with Gasteiger partial charge in [-0.05, 0) is 22.2 Å². The maximum absolute atomic E-state index is 12.9. The van der Waals surface area contributed by atoms with Crippen LogP contribution in [0.25, 0.3) is 0 Å². The number of rotatable bonds is 6. The van der Waals surface area contributed by atoms with Gasteiger partial charge in [-0.1, -0.05) is 94.2 Å². The van der Waals surface area contributed by atoms with E-state index < -0.39 is 26.4 Å². The van der Waals surface area contributed by atoms with Crippen LogP contribution in [0.1, 0.15) is 37.1 Å². The van der Waals surface area contributed by atoms with Crippen LogP contribution in [-0.4, -0.2) is 30.3 Å². The zero-order valence-corrected chi connectivity index (χ0v) is 19.4. The molecule has 0 aliphatic carbocycles. The first kappa shape index (κ1) is 22.1. The van der Waals surface area contributed by atoms with Crippen LogP contribution in [-0.2, 0) is 4.74 Å². The summed E-state index contributed by atoms with van der Waals surface area (Å²) in [6.45, 7) is 10.5. The third-order valence-corrected chi connectivity index (χ3v) is 7.44. The molecule has 5 heteroatoms. The van der Waals surface area contributed by atoms with Crippen LogP contribution >= 0.6 is 0 Å². The van der Waals surface area contributed by atoms with Crippen molar-refractivity contribution in [2.75, 3.05) is 0 Å². The van der Waals surface area contributed by atoms with Gasteiger partial charge in [0.05, 0.1) is 20.4 Å². The van der Waals surface area contributed by atoms with Crippen molar-refractivity contribution in [2.24, 2.45) is 5.92 Å². The van der Waals surface area contributed by atoms with E-state index in [1.807, 2.05) is 74.5 Å². The van der Waals surface area contributed by atoms with Crippen LogP contribution in [0.2, 0.25) is 19.6 Å². The Morgan fingerprint density at radius 1 is 1.03 bits per heavy atom. The molecule has 3 rings (SSSR count). The third-order valence-electron chi connectivity index (χ3n) is 5.39. The minimum Gasteiger partial charge on any atom is -0.438 e. The van der Waals surface area contributed by atoms with Gasteiger partial charge in [-0.15, -0.1) is 5.73 Å². The third kappa shape index (κ3) is 4.76. The lowest BCUT2D eigenvalue weighted by Gasteiger charge is -2.27. The lowest BCUT2D eigenvalue weighted by molar-refractivity contribution is 0.131. The molecule has 0 radical (unpaired) electrons. The number of amides is 1. The van der Waals surface area contributed by atoms with Crippen LogP contribution in [0.3, 0.4) is 0 Å². The van der Waals surface area contributed by atoms with Gasteiger partial charge in [-0.2, -0.15) is 0 Å². The molecule has 0 aromatic heterocycles. The molecule has 0 unspecified atom stereocenters. The van der Waals surface area contributed by atoms with Crippen molar-refractivity contribution in [1.82, 2.24) is 4.90 Å². The van der Waals surface area contributed by atoms with Crippen molar-refractivity contribution < 1.29 is 14.6 Å². The first-order chi connectivity index (χ1) is 14.2. The fraction of sp³-hybridized carbons (Fsp3) is 0.360. The minimum atomic E-state index is -1.84. The Balaban J connectivity index is 2.09. The van der Waals surface area contributed by atoms with E-state index in [1.165, 1.54) is 0 Å². The van der Waals surface area contributed by atoms with Crippen molar-refractivity contribution in [1.29, 1.82) is 0 Å². The van der Waals surface area contributed by atoms with Crippen molar-refractivity contribution in [3.63, 3.8) is 0 Å². The maximum Gasteiger partial charge on any atom is 0.415 e. The highest BCUT2D eigenvalue weighted by molar-refractivity contribution is 6.83. The summed E-state index contributed by atoms with van der Waals surface area (Å²) in [4.78, 5) is 14.5. The highest BCUT2D eigenvalue weighted by Crippen LogP contribution is 2.43. The molecule has 1 saturated heterocycles. The van der Waals surface area contributed by atoms with E-state index in [9.17, 15) is 9.90 Å². The maximum atomic E-state index is 12.9. The Labute approximate surface area is 180 Å². The van der Waals surface area contributed by atoms with Gasteiger partial charge in [0.1, 0.15) is 6.04 Å². The first-order valence-electron chi connectivity index (χ1n) is 10.4. The highest BCUT2D eigenvalue weighted by Gasteiger charge is 2.42. The van der Waals surface area contributed by atoms with Gasteiger partial charge in [-0.25, -0.2) is 4.79 Å². The Morgan fingerprint density at radius 2 is 1.57 bits per heavy atom. The molecule has 1 aliphatic heterocycles. The number of benzene rings is 2. The Morgan fingerprint density at radius 3 is 2.07 bits per heavy atom. The Kier molecular flexibility index (Phi) is 6.66. The Hall–Kier alpha value is -2.59. The molecule has 158 valence electrons. The van der Waals surface area contributed by atoms with Crippen molar-refractivity contribution >= 4 is 14.2 Å². The molecule has 2 aromatic carbocycles. The average Bonchev–Trinajstić information content (AvgIpc) is 3.04. The molecule has 1 amide bonds. The zero-order chi connectivity index (χ0) is 21.9. The number of hydrogen-bond donors (Lipinski definition) is 1. The summed E-state index contributed by atoms with van der Waals surface area (Å²) in [6.07, 6.45) is 0.289. The van der Waals surface area contributed by atoms with Gasteiger partial charge < -0.3 is 9.84 Å². The summed E-state index contributed by atoms with van der Waals surface area (Å²) in [6, 6.07) is 19.4. The van der Waals surface area contributed by atoms with Crippen LogP contribution in [0.5, 0.6) is 0 Å². The molecule has 1 N–H and O–H groups in total. The number of hydrogen-bond acceptors (Lipinski definition) is 3. The predicted octanol–water partition coefficient (Wildman–Crippen LogP) is 5.85. The molecule has 4 nitrogen and oxygen atoms in total. The molecule has 1 heterocycles. The molecule has 1 aliphatic rings. The van der Waals surface area contributed by atoms with Crippen molar-refractivity contribution in [2.45, 2.75) is 51.7 Å². The molecule has 1 fully saturated rings. The van der Waals surface area contributed by atoms with Crippen LogP contribution < -0.4 is 0 Å². The second kappa shape index (κ2) is 9.05. The molecule has 30 heavy (non-hydrogen) atoms. The zero-order valence-electron chi connectivity index (χ0n) is 18.4. The SMILES string of the molecule is CC(C)[C@H](O)C(=C=CN1C(=O)O[C@H](c2ccccc2)[C@@H]1c1ccccc1)[Si](C)(C)C. The summed E-state index contributed by atoms with van der Waals surface area (Å²) in [7, 11) is -1.84. The van der Waals surface area contributed by atoms with Gasteiger partial charge in [0, 0.05) is 0 Å². The summed E-state index contributed by atoms with van der Waals surface area (Å²) in [5.41, 5.74) is 5.26. The lowest BCUT2D eigenvalue weighted by Crippen LogP contribution is -2.34. The molecule has 0 spiro atoms. The lowest BCUT2D eigenvalue weighted by atomic mass is 9.95. The van der Waals surface area contributed by atoms with E-state index in [-0.39, 0.29) is 12.0 Å². The second-order valence-corrected chi connectivity index (χ2v) is 14.1. The van der Waals surface area contributed by atoms with E-state index in [4.69, 9.17) is 4.74 Å². The van der Waals surface area contributed by atoms with Gasteiger partial charge in [0.15, 0.2) is 6.10 Å². The van der Waals surface area contributed by atoms with Gasteiger partial charge in [-0.3, -0.25) is 4.90 Å². The van der Waals surface area contributed by atoms with Crippen molar-refractivity contribution in [3.8, 4) is 0 Å². The van der Waals surface area contributed by atoms with E-state index >= 15 is 0 Å². The van der Waals surface area contributed by atoms with Crippen LogP contribution in [0.4, 0.5) is 4.79 Å². The number of aliphatic hydroxyl groups is 1. The average molecular weight is 422 g/mol. The van der Waals surface area contributed by atoms with Crippen LogP contribution in [0.15, 0.2) is 77.8 Å². The number of nitrogens with zero attached hydrogens (tertiary/aromatic N) is 1. The highest BCUT2D eigenvalue weighted by atomic mass is 28.3. The first-order valence-corrected chi connectivity index (χ1v) is 13.9. The number of carbonyl (C=O) groups is 1. The largest absolute Gasteiger partial charge is 0.438 e. The number of ether oxygens (including phenoxy) is 1. The fourth-order valence-corrected chi connectivity index (χ4v) is 5.44. The van der Waals surface area contributed by atoms with E-state index in [1.54, 1.807) is 11.1 Å². The van der Waals surface area contributed by atoms with E-state index in [0.717, 1.165) is 16.3 Å². The molecular weight excluding hydrogens is 390 g/mol. The monoisotopic (exact) mass is 421 g/mol. The summed E-state index contributed by atoms with van der Waals surface area (Å²) in [5, 5.41) is 11.7. The Bertz CT molecular complexity index is 928. The van der Waals surface area contributed by atoms with Gasteiger partial charge >= 0.3 is 6.09 Å². The van der Waals surface area contributed by atoms with Crippen molar-refractivity contribution in [3.05, 3.63) is 88.9 Å². The number of cyclic esters (lactones) is 1. The second-order valence-electron chi connectivity index (χ2n) is 9.10. The van der Waals surface area contributed by atoms with Gasteiger partial charge in [0.2, 0.25) is 0 Å². The normalized spacial score (nSPS) is 20.0. The minimum absolute atomic E-state index is 0.0835. The van der Waals surface area contributed by atoms with E-state index in [0.29, 0.717) is 0 Å². The van der Waals surface area contributed by atoms with Crippen LogP contribution in [0, 0.1) is 5.92 Å². The summed E-state index contributed by atoms with van der Waals surface area (Å²) in [5.74, 6) is 0.0835. The molecule has 0 bridgehead atoms. The summed E-state index contributed by atoms with van der Waals surface area (Å²) < 4.78 is 5.81. The number of carbonyl (C=O) groups excluding carboxylic acids is 1. The smallest absolute Gasteiger partial charge is 0.415 e. The fourth-order valence-electron chi connectivity index (χ4n) is 3.72. The molecule has 0 saturated carbocycles. The van der Waals surface area contributed by atoms with Gasteiger partial charge in [0.25, 0.3) is 0 Å².